The van der Waals surface area contributed by atoms with E-state index in [9.17, 15) is 4.79 Å². The smallest absolute Gasteiger partial charge is 0.272 e. The van der Waals surface area contributed by atoms with Gasteiger partial charge in [0.05, 0.1) is 5.92 Å². The van der Waals surface area contributed by atoms with Gasteiger partial charge in [0.1, 0.15) is 5.69 Å². The fourth-order valence-corrected chi connectivity index (χ4v) is 3.54. The number of amides is 1. The molecule has 2 aliphatic heterocycles. The number of aryl methyl sites for hydroxylation is 1. The van der Waals surface area contributed by atoms with Crippen molar-refractivity contribution < 1.29 is 9.32 Å². The standard InChI is InChI=1S/C17H21N5O2/c1-11-19-16(24-20-11)13-9-22(10-13)17(23)14-8-12(5-6-18-14)15-4-3-7-21(15)2/h5-6,8,13,15H,3-4,7,9-10H2,1-2H3/t15-/m0/s1. The molecule has 2 aliphatic rings. The maximum Gasteiger partial charge on any atom is 0.272 e. The van der Waals surface area contributed by atoms with Crippen molar-refractivity contribution in [1.82, 2.24) is 24.9 Å². The van der Waals surface area contributed by atoms with Gasteiger partial charge < -0.3 is 9.42 Å². The van der Waals surface area contributed by atoms with Crippen LogP contribution in [0.25, 0.3) is 0 Å². The van der Waals surface area contributed by atoms with Gasteiger partial charge in [0.2, 0.25) is 5.89 Å². The predicted molar refractivity (Wildman–Crippen MR) is 86.5 cm³/mol. The zero-order valence-electron chi connectivity index (χ0n) is 14.0. The number of carbonyl (C=O) groups is 1. The molecule has 0 bridgehead atoms. The first-order valence-corrected chi connectivity index (χ1v) is 8.37. The predicted octanol–water partition coefficient (Wildman–Crippen LogP) is 1.78. The van der Waals surface area contributed by atoms with Crippen LogP contribution in [-0.4, -0.2) is 57.5 Å². The molecule has 126 valence electrons. The summed E-state index contributed by atoms with van der Waals surface area (Å²) >= 11 is 0. The Morgan fingerprint density at radius 1 is 1.38 bits per heavy atom. The number of carbonyl (C=O) groups excluding carboxylic acids is 1. The molecule has 0 saturated carbocycles. The van der Waals surface area contributed by atoms with Crippen LogP contribution in [0.3, 0.4) is 0 Å². The van der Waals surface area contributed by atoms with E-state index in [4.69, 9.17) is 4.52 Å². The van der Waals surface area contributed by atoms with Gasteiger partial charge in [0.15, 0.2) is 5.82 Å². The summed E-state index contributed by atoms with van der Waals surface area (Å²) in [6, 6.07) is 4.35. The SMILES string of the molecule is Cc1noc(C2CN(C(=O)c3cc([C@@H]4CCCN4C)ccn3)C2)n1. The van der Waals surface area contributed by atoms with Crippen LogP contribution in [0.15, 0.2) is 22.9 Å². The summed E-state index contributed by atoms with van der Waals surface area (Å²) in [7, 11) is 2.13. The van der Waals surface area contributed by atoms with Gasteiger partial charge in [-0.2, -0.15) is 4.98 Å². The third-order valence-electron chi connectivity index (χ3n) is 4.97. The molecule has 1 atom stereocenters. The summed E-state index contributed by atoms with van der Waals surface area (Å²) in [6.45, 7) is 4.11. The first-order chi connectivity index (χ1) is 11.6. The summed E-state index contributed by atoms with van der Waals surface area (Å²) in [6.07, 6.45) is 4.08. The molecule has 0 N–H and O–H groups in total. The van der Waals surface area contributed by atoms with E-state index in [-0.39, 0.29) is 11.8 Å². The first kappa shape index (κ1) is 15.3. The second-order valence-electron chi connectivity index (χ2n) is 6.70. The largest absolute Gasteiger partial charge is 0.339 e. The monoisotopic (exact) mass is 327 g/mol. The minimum atomic E-state index is -0.0232. The maximum absolute atomic E-state index is 12.6. The van der Waals surface area contributed by atoms with Crippen LogP contribution in [-0.2, 0) is 0 Å². The van der Waals surface area contributed by atoms with Crippen LogP contribution in [0.2, 0.25) is 0 Å². The van der Waals surface area contributed by atoms with Crippen LogP contribution < -0.4 is 0 Å². The van der Waals surface area contributed by atoms with Crippen LogP contribution in [0.4, 0.5) is 0 Å². The number of likely N-dealkylation sites (tertiary alicyclic amines) is 2. The number of hydrogen-bond acceptors (Lipinski definition) is 6. The van der Waals surface area contributed by atoms with Gasteiger partial charge >= 0.3 is 0 Å². The molecule has 2 saturated heterocycles. The molecule has 0 unspecified atom stereocenters. The minimum absolute atomic E-state index is 0.0232. The van der Waals surface area contributed by atoms with Gasteiger partial charge in [-0.15, -0.1) is 0 Å². The lowest BCUT2D eigenvalue weighted by molar-refractivity contribution is 0.0563. The first-order valence-electron chi connectivity index (χ1n) is 8.37. The van der Waals surface area contributed by atoms with Crippen LogP contribution in [0.5, 0.6) is 0 Å². The van der Waals surface area contributed by atoms with Crippen molar-refractivity contribution in [2.24, 2.45) is 0 Å². The van der Waals surface area contributed by atoms with E-state index in [0.717, 1.165) is 13.0 Å². The van der Waals surface area contributed by atoms with Crippen molar-refractivity contribution in [3.8, 4) is 0 Å². The molecule has 0 radical (unpaired) electrons. The van der Waals surface area contributed by atoms with Gasteiger partial charge in [-0.05, 0) is 51.1 Å². The van der Waals surface area contributed by atoms with Gasteiger partial charge in [0.25, 0.3) is 5.91 Å². The molecule has 0 aromatic carbocycles. The van der Waals surface area contributed by atoms with Crippen molar-refractivity contribution in [2.45, 2.75) is 31.7 Å². The maximum atomic E-state index is 12.6. The van der Waals surface area contributed by atoms with Crippen molar-refractivity contribution in [3.63, 3.8) is 0 Å². The molecule has 7 nitrogen and oxygen atoms in total. The van der Waals surface area contributed by atoms with Crippen molar-refractivity contribution in [1.29, 1.82) is 0 Å². The van der Waals surface area contributed by atoms with E-state index in [1.807, 2.05) is 12.1 Å². The van der Waals surface area contributed by atoms with E-state index < -0.39 is 0 Å². The number of nitrogens with zero attached hydrogens (tertiary/aromatic N) is 5. The normalized spacial score (nSPS) is 21.9. The quantitative estimate of drug-likeness (QED) is 0.855. The molecule has 7 heteroatoms. The fourth-order valence-electron chi connectivity index (χ4n) is 3.54. The van der Waals surface area contributed by atoms with Crippen LogP contribution >= 0.6 is 0 Å². The van der Waals surface area contributed by atoms with Crippen LogP contribution in [0.1, 0.15) is 52.6 Å². The molecule has 2 aromatic heterocycles. The molecule has 2 aromatic rings. The Morgan fingerprint density at radius 3 is 2.88 bits per heavy atom. The lowest BCUT2D eigenvalue weighted by Crippen LogP contribution is -2.48. The van der Waals surface area contributed by atoms with Gasteiger partial charge in [-0.25, -0.2) is 0 Å². The fraction of sp³-hybridized carbons (Fsp3) is 0.529. The molecule has 4 heterocycles. The van der Waals surface area contributed by atoms with E-state index >= 15 is 0 Å². The number of aromatic nitrogens is 3. The molecule has 4 rings (SSSR count). The van der Waals surface area contributed by atoms with E-state index in [2.05, 4.69) is 27.1 Å². The average Bonchev–Trinajstić information content (AvgIpc) is 3.14. The van der Waals surface area contributed by atoms with Gasteiger partial charge in [-0.1, -0.05) is 5.16 Å². The highest BCUT2D eigenvalue weighted by atomic mass is 16.5. The third-order valence-corrected chi connectivity index (χ3v) is 4.97. The Kier molecular flexibility index (Phi) is 3.80. The minimum Gasteiger partial charge on any atom is -0.339 e. The summed E-state index contributed by atoms with van der Waals surface area (Å²) in [4.78, 5) is 25.3. The Labute approximate surface area is 140 Å². The Morgan fingerprint density at radius 2 is 2.21 bits per heavy atom. The van der Waals surface area contributed by atoms with Gasteiger partial charge in [0, 0.05) is 25.3 Å². The summed E-state index contributed by atoms with van der Waals surface area (Å²) < 4.78 is 5.18. The summed E-state index contributed by atoms with van der Waals surface area (Å²) in [5.74, 6) is 1.36. The van der Waals surface area contributed by atoms with Crippen molar-refractivity contribution >= 4 is 5.91 Å². The van der Waals surface area contributed by atoms with Crippen molar-refractivity contribution in [3.05, 3.63) is 41.3 Å². The molecule has 0 aliphatic carbocycles. The lowest BCUT2D eigenvalue weighted by Gasteiger charge is -2.36. The Bertz CT molecular complexity index is 753. The highest BCUT2D eigenvalue weighted by Gasteiger charge is 2.36. The summed E-state index contributed by atoms with van der Waals surface area (Å²) in [5, 5.41) is 3.80. The van der Waals surface area contributed by atoms with Crippen molar-refractivity contribution in [2.75, 3.05) is 26.7 Å². The molecule has 2 fully saturated rings. The summed E-state index contributed by atoms with van der Waals surface area (Å²) in [5.41, 5.74) is 1.70. The zero-order valence-corrected chi connectivity index (χ0v) is 14.0. The zero-order chi connectivity index (χ0) is 16.7. The molecule has 0 spiro atoms. The molecular weight excluding hydrogens is 306 g/mol. The lowest BCUT2D eigenvalue weighted by atomic mass is 9.99. The number of pyridine rings is 1. The number of rotatable bonds is 3. The number of hydrogen-bond donors (Lipinski definition) is 0. The Hall–Kier alpha value is -2.28. The van der Waals surface area contributed by atoms with Crippen LogP contribution in [0, 0.1) is 6.92 Å². The topological polar surface area (TPSA) is 75.4 Å². The van der Waals surface area contributed by atoms with E-state index in [0.29, 0.717) is 36.5 Å². The average molecular weight is 327 g/mol. The van der Waals surface area contributed by atoms with Gasteiger partial charge in [-0.3, -0.25) is 14.7 Å². The molecule has 1 amide bonds. The second kappa shape index (κ2) is 5.98. The second-order valence-corrected chi connectivity index (χ2v) is 6.70. The van der Waals surface area contributed by atoms with E-state index in [1.54, 1.807) is 18.0 Å². The molecule has 24 heavy (non-hydrogen) atoms. The third kappa shape index (κ3) is 2.69. The molecular formula is C17H21N5O2. The highest BCUT2D eigenvalue weighted by Crippen LogP contribution is 2.31. The highest BCUT2D eigenvalue weighted by molar-refractivity contribution is 5.93. The van der Waals surface area contributed by atoms with E-state index in [1.165, 1.54) is 12.0 Å². The Balaban J connectivity index is 1.44.